The van der Waals surface area contributed by atoms with Gasteiger partial charge in [-0.25, -0.2) is 0 Å². The van der Waals surface area contributed by atoms with Crippen LogP contribution in [0.4, 0.5) is 11.4 Å². The van der Waals surface area contributed by atoms with Gasteiger partial charge in [0.1, 0.15) is 10.8 Å². The van der Waals surface area contributed by atoms with E-state index in [0.29, 0.717) is 11.4 Å². The lowest BCUT2D eigenvalue weighted by atomic mass is 10.3. The Morgan fingerprint density at radius 2 is 2.17 bits per heavy atom. The Hall–Kier alpha value is -2.71. The quantitative estimate of drug-likeness (QED) is 0.379. The van der Waals surface area contributed by atoms with Crippen LogP contribution in [0.2, 0.25) is 5.02 Å². The third-order valence-corrected chi connectivity index (χ3v) is 3.10. The molecule has 0 bridgehead atoms. The second kappa shape index (κ2) is 7.52. The van der Waals surface area contributed by atoms with Crippen molar-refractivity contribution in [3.8, 4) is 0 Å². The topological polar surface area (TPSA) is 97.4 Å². The lowest BCUT2D eigenvalue weighted by Crippen LogP contribution is -2.32. The minimum Gasteiger partial charge on any atom is -0.465 e. The van der Waals surface area contributed by atoms with Crippen LogP contribution in [-0.4, -0.2) is 15.9 Å². The Balaban J connectivity index is 1.95. The number of anilines is 1. The van der Waals surface area contributed by atoms with Crippen molar-refractivity contribution >= 4 is 52.3 Å². The summed E-state index contributed by atoms with van der Waals surface area (Å²) in [5.41, 5.74) is 0.0740. The molecule has 1 amide bonds. The van der Waals surface area contributed by atoms with Crippen molar-refractivity contribution < 1.29 is 14.1 Å². The Kier molecular flexibility index (Phi) is 5.45. The fourth-order valence-electron chi connectivity index (χ4n) is 1.59. The van der Waals surface area contributed by atoms with Crippen LogP contribution in [-0.2, 0) is 4.79 Å². The molecule has 7 nitrogen and oxygen atoms in total. The molecule has 0 aliphatic carbocycles. The summed E-state index contributed by atoms with van der Waals surface area (Å²) in [6.07, 6.45) is 4.21. The first-order chi connectivity index (χ1) is 11.0. The first kappa shape index (κ1) is 16.7. The van der Waals surface area contributed by atoms with Gasteiger partial charge in [-0.15, -0.1) is 0 Å². The number of nitrogens with one attached hydrogen (secondary N) is 2. The zero-order chi connectivity index (χ0) is 16.8. The summed E-state index contributed by atoms with van der Waals surface area (Å²) in [5.74, 6) is 0.0507. The number of halogens is 1. The first-order valence-electron chi connectivity index (χ1n) is 6.23. The second-order valence-electron chi connectivity index (χ2n) is 4.22. The zero-order valence-corrected chi connectivity index (χ0v) is 13.1. The van der Waals surface area contributed by atoms with E-state index in [4.69, 9.17) is 28.2 Å². The summed E-state index contributed by atoms with van der Waals surface area (Å²) in [7, 11) is 0. The van der Waals surface area contributed by atoms with Crippen molar-refractivity contribution in [1.29, 1.82) is 0 Å². The SMILES string of the molecule is O=C(/C=C/c1ccco1)NC(=S)Nc1ccc(Cl)c([N+](=O)[O-])c1. The number of nitrogens with zero attached hydrogens (tertiary/aromatic N) is 1. The number of carbonyl (C=O) groups is 1. The second-order valence-corrected chi connectivity index (χ2v) is 5.03. The van der Waals surface area contributed by atoms with Crippen LogP contribution in [0.5, 0.6) is 0 Å². The molecule has 0 saturated carbocycles. The van der Waals surface area contributed by atoms with Crippen LogP contribution >= 0.6 is 23.8 Å². The first-order valence-corrected chi connectivity index (χ1v) is 7.02. The number of rotatable bonds is 4. The highest BCUT2D eigenvalue weighted by Gasteiger charge is 2.13. The van der Waals surface area contributed by atoms with E-state index in [1.54, 1.807) is 12.1 Å². The predicted molar refractivity (Wildman–Crippen MR) is 90.2 cm³/mol. The lowest BCUT2D eigenvalue weighted by molar-refractivity contribution is -0.384. The number of thiocarbonyl (C=S) groups is 1. The molecule has 0 aliphatic heterocycles. The van der Waals surface area contributed by atoms with Gasteiger partial charge in [-0.2, -0.15) is 0 Å². The van der Waals surface area contributed by atoms with E-state index in [2.05, 4.69) is 10.6 Å². The molecule has 0 saturated heterocycles. The van der Waals surface area contributed by atoms with Gasteiger partial charge in [-0.1, -0.05) is 11.6 Å². The van der Waals surface area contributed by atoms with Crippen LogP contribution < -0.4 is 10.6 Å². The van der Waals surface area contributed by atoms with Gasteiger partial charge < -0.3 is 9.73 Å². The van der Waals surface area contributed by atoms with E-state index in [-0.39, 0.29) is 15.8 Å². The summed E-state index contributed by atoms with van der Waals surface area (Å²) in [5, 5.41) is 15.9. The molecule has 1 heterocycles. The molecule has 23 heavy (non-hydrogen) atoms. The minimum atomic E-state index is -0.610. The van der Waals surface area contributed by atoms with Crippen molar-refractivity contribution in [3.05, 3.63) is 63.6 Å². The highest BCUT2D eigenvalue weighted by atomic mass is 35.5. The summed E-state index contributed by atoms with van der Waals surface area (Å²) in [4.78, 5) is 21.9. The van der Waals surface area contributed by atoms with Crippen molar-refractivity contribution in [2.45, 2.75) is 0 Å². The van der Waals surface area contributed by atoms with Crippen molar-refractivity contribution in [2.75, 3.05) is 5.32 Å². The number of nitro groups is 1. The van der Waals surface area contributed by atoms with Crippen LogP contribution in [0.15, 0.2) is 47.1 Å². The molecule has 118 valence electrons. The summed E-state index contributed by atoms with van der Waals surface area (Å²) >= 11 is 10.7. The van der Waals surface area contributed by atoms with Gasteiger partial charge in [0, 0.05) is 17.8 Å². The molecule has 0 fully saturated rings. The molecular formula is C14H10ClN3O4S. The molecule has 0 unspecified atom stereocenters. The third kappa shape index (κ3) is 4.90. The Morgan fingerprint density at radius 3 is 2.83 bits per heavy atom. The molecule has 2 rings (SSSR count). The maximum Gasteiger partial charge on any atom is 0.289 e. The van der Waals surface area contributed by atoms with Gasteiger partial charge in [0.05, 0.1) is 11.2 Å². The van der Waals surface area contributed by atoms with Crippen LogP contribution in [0.25, 0.3) is 6.08 Å². The summed E-state index contributed by atoms with van der Waals surface area (Å²) in [6.45, 7) is 0. The molecule has 2 N–H and O–H groups in total. The molecule has 1 aromatic heterocycles. The summed E-state index contributed by atoms with van der Waals surface area (Å²) < 4.78 is 5.04. The highest BCUT2D eigenvalue weighted by Crippen LogP contribution is 2.27. The molecular weight excluding hydrogens is 342 g/mol. The van der Waals surface area contributed by atoms with E-state index >= 15 is 0 Å². The number of hydrogen-bond acceptors (Lipinski definition) is 5. The van der Waals surface area contributed by atoms with Gasteiger partial charge in [0.2, 0.25) is 5.91 Å². The van der Waals surface area contributed by atoms with Gasteiger partial charge >= 0.3 is 0 Å². The maximum atomic E-state index is 11.7. The standard InChI is InChI=1S/C14H10ClN3O4S/c15-11-5-3-9(8-12(11)18(20)21)16-14(23)17-13(19)6-4-10-2-1-7-22-10/h1-8H,(H2,16,17,19,23)/b6-4+. The average molecular weight is 352 g/mol. The number of amides is 1. The number of carbonyl (C=O) groups excluding carboxylic acids is 1. The Labute approximate surface area is 141 Å². The van der Waals surface area contributed by atoms with E-state index in [0.717, 1.165) is 0 Å². The van der Waals surface area contributed by atoms with Crippen molar-refractivity contribution in [2.24, 2.45) is 0 Å². The number of benzene rings is 1. The number of nitro benzene ring substituents is 1. The number of furan rings is 1. The molecule has 2 aromatic rings. The smallest absolute Gasteiger partial charge is 0.289 e. The van der Waals surface area contributed by atoms with E-state index in [1.165, 1.54) is 36.6 Å². The lowest BCUT2D eigenvalue weighted by Gasteiger charge is -2.08. The van der Waals surface area contributed by atoms with Gasteiger partial charge in [-0.3, -0.25) is 20.2 Å². The van der Waals surface area contributed by atoms with Crippen LogP contribution in [0, 0.1) is 10.1 Å². The number of hydrogen-bond donors (Lipinski definition) is 2. The third-order valence-electron chi connectivity index (χ3n) is 2.58. The molecule has 0 spiro atoms. The Morgan fingerprint density at radius 1 is 1.39 bits per heavy atom. The molecule has 1 aromatic carbocycles. The maximum absolute atomic E-state index is 11.7. The zero-order valence-electron chi connectivity index (χ0n) is 11.5. The Bertz CT molecular complexity index is 774. The van der Waals surface area contributed by atoms with E-state index in [9.17, 15) is 14.9 Å². The van der Waals surface area contributed by atoms with Gasteiger partial charge in [-0.05, 0) is 42.6 Å². The average Bonchev–Trinajstić information content (AvgIpc) is 3.00. The van der Waals surface area contributed by atoms with Gasteiger partial charge in [0.25, 0.3) is 5.69 Å². The molecule has 0 radical (unpaired) electrons. The fourth-order valence-corrected chi connectivity index (χ4v) is 2.00. The predicted octanol–water partition coefficient (Wildman–Crippen LogP) is 3.37. The molecule has 0 aliphatic rings. The van der Waals surface area contributed by atoms with Crippen LogP contribution in [0.1, 0.15) is 5.76 Å². The van der Waals surface area contributed by atoms with Crippen LogP contribution in [0.3, 0.4) is 0 Å². The highest BCUT2D eigenvalue weighted by molar-refractivity contribution is 7.80. The molecule has 9 heteroatoms. The van der Waals surface area contributed by atoms with E-state index in [1.807, 2.05) is 0 Å². The largest absolute Gasteiger partial charge is 0.465 e. The van der Waals surface area contributed by atoms with E-state index < -0.39 is 10.8 Å². The normalized spacial score (nSPS) is 10.5. The summed E-state index contributed by atoms with van der Waals surface area (Å²) in [6, 6.07) is 7.47. The van der Waals surface area contributed by atoms with Crippen molar-refractivity contribution in [1.82, 2.24) is 5.32 Å². The molecule has 0 atom stereocenters. The monoisotopic (exact) mass is 351 g/mol. The minimum absolute atomic E-state index is 0.00397. The fraction of sp³-hybridized carbons (Fsp3) is 0. The van der Waals surface area contributed by atoms with Crippen molar-refractivity contribution in [3.63, 3.8) is 0 Å². The van der Waals surface area contributed by atoms with Gasteiger partial charge in [0.15, 0.2) is 5.11 Å².